The monoisotopic (exact) mass is 379 g/mol. The zero-order chi connectivity index (χ0) is 19.5. The van der Waals surface area contributed by atoms with E-state index in [1.165, 1.54) is 23.1 Å². The van der Waals surface area contributed by atoms with Crippen LogP contribution in [0.5, 0.6) is 0 Å². The van der Waals surface area contributed by atoms with Crippen LogP contribution in [0, 0.1) is 5.82 Å². The maximum atomic E-state index is 14.1. The average Bonchev–Trinajstić information content (AvgIpc) is 3.14. The van der Waals surface area contributed by atoms with Gasteiger partial charge in [-0.25, -0.2) is 14.0 Å². The maximum Gasteiger partial charge on any atom is 0.414 e. The first-order valence-corrected chi connectivity index (χ1v) is 8.87. The predicted octanol–water partition coefficient (Wildman–Crippen LogP) is 4.26. The Morgan fingerprint density at radius 1 is 1.11 bits per heavy atom. The molecular formula is C21H18FN3O3. The number of hydrogen-bond acceptors (Lipinski definition) is 3. The Bertz CT molecular complexity index is 1050. The zero-order valence-corrected chi connectivity index (χ0v) is 14.9. The van der Waals surface area contributed by atoms with Gasteiger partial charge in [0.05, 0.1) is 12.2 Å². The van der Waals surface area contributed by atoms with E-state index in [-0.39, 0.29) is 12.3 Å². The van der Waals surface area contributed by atoms with E-state index < -0.39 is 17.9 Å². The SMILES string of the molecule is O=C(NCc1cccc2ccccc12)Nc1cc(N2CCOC2=O)ccc1F. The lowest BCUT2D eigenvalue weighted by molar-refractivity contribution is 0.181. The first kappa shape index (κ1) is 17.8. The molecule has 0 atom stereocenters. The molecule has 1 saturated heterocycles. The molecule has 6 nitrogen and oxygen atoms in total. The topological polar surface area (TPSA) is 70.7 Å². The van der Waals surface area contributed by atoms with Crippen LogP contribution in [0.4, 0.5) is 25.4 Å². The number of cyclic esters (lactones) is 1. The van der Waals surface area contributed by atoms with E-state index in [1.54, 1.807) is 0 Å². The first-order chi connectivity index (χ1) is 13.6. The molecule has 0 saturated carbocycles. The molecule has 3 amide bonds. The van der Waals surface area contributed by atoms with E-state index in [2.05, 4.69) is 10.6 Å². The molecule has 0 aliphatic carbocycles. The zero-order valence-electron chi connectivity index (χ0n) is 14.9. The highest BCUT2D eigenvalue weighted by Crippen LogP contribution is 2.25. The molecule has 1 heterocycles. The summed E-state index contributed by atoms with van der Waals surface area (Å²) < 4.78 is 19.0. The van der Waals surface area contributed by atoms with Gasteiger partial charge in [0.2, 0.25) is 0 Å². The van der Waals surface area contributed by atoms with Crippen LogP contribution >= 0.6 is 0 Å². The van der Waals surface area contributed by atoms with Crippen molar-refractivity contribution in [3.63, 3.8) is 0 Å². The summed E-state index contributed by atoms with van der Waals surface area (Å²) in [5, 5.41) is 7.38. The molecule has 0 radical (unpaired) electrons. The van der Waals surface area contributed by atoms with Crippen molar-refractivity contribution in [2.24, 2.45) is 0 Å². The third-order valence-electron chi connectivity index (χ3n) is 4.59. The van der Waals surface area contributed by atoms with Crippen LogP contribution in [-0.2, 0) is 11.3 Å². The fourth-order valence-electron chi connectivity index (χ4n) is 3.19. The Kier molecular flexibility index (Phi) is 4.80. The summed E-state index contributed by atoms with van der Waals surface area (Å²) in [5.41, 5.74) is 1.42. The lowest BCUT2D eigenvalue weighted by Gasteiger charge is -2.15. The minimum Gasteiger partial charge on any atom is -0.447 e. The summed E-state index contributed by atoms with van der Waals surface area (Å²) in [7, 11) is 0. The molecule has 3 aromatic carbocycles. The van der Waals surface area contributed by atoms with Crippen LogP contribution in [0.25, 0.3) is 10.8 Å². The fraction of sp³-hybridized carbons (Fsp3) is 0.143. The van der Waals surface area contributed by atoms with Crippen molar-refractivity contribution in [1.82, 2.24) is 5.32 Å². The van der Waals surface area contributed by atoms with Gasteiger partial charge in [-0.05, 0) is 34.5 Å². The molecule has 4 rings (SSSR count). The van der Waals surface area contributed by atoms with Gasteiger partial charge in [0.25, 0.3) is 0 Å². The van der Waals surface area contributed by atoms with Crippen LogP contribution in [-0.4, -0.2) is 25.3 Å². The second-order valence-corrected chi connectivity index (χ2v) is 6.38. The summed E-state index contributed by atoms with van der Waals surface area (Å²) in [6.07, 6.45) is -0.488. The Hall–Kier alpha value is -3.61. The summed E-state index contributed by atoms with van der Waals surface area (Å²) >= 11 is 0. The van der Waals surface area contributed by atoms with E-state index in [4.69, 9.17) is 4.74 Å². The molecule has 142 valence electrons. The van der Waals surface area contributed by atoms with Crippen LogP contribution in [0.1, 0.15) is 5.56 Å². The number of amides is 3. The number of urea groups is 1. The predicted molar refractivity (Wildman–Crippen MR) is 105 cm³/mol. The first-order valence-electron chi connectivity index (χ1n) is 8.87. The molecular weight excluding hydrogens is 361 g/mol. The van der Waals surface area contributed by atoms with Crippen LogP contribution in [0.15, 0.2) is 60.7 Å². The molecule has 1 aliphatic rings. The molecule has 7 heteroatoms. The van der Waals surface area contributed by atoms with Crippen molar-refractivity contribution >= 4 is 34.3 Å². The fourth-order valence-corrected chi connectivity index (χ4v) is 3.19. The quantitative estimate of drug-likeness (QED) is 0.712. The normalized spacial score (nSPS) is 13.5. The molecule has 0 bridgehead atoms. The van der Waals surface area contributed by atoms with Gasteiger partial charge in [0.15, 0.2) is 0 Å². The molecule has 0 unspecified atom stereocenters. The van der Waals surface area contributed by atoms with Gasteiger partial charge in [-0.15, -0.1) is 0 Å². The minimum atomic E-state index is -0.586. The standard InChI is InChI=1S/C21H18FN3O3/c22-18-9-8-16(25-10-11-28-21(25)27)12-19(18)24-20(26)23-13-15-6-3-5-14-4-1-2-7-17(14)15/h1-9,12H,10-11,13H2,(H2,23,24,26). The maximum absolute atomic E-state index is 14.1. The van der Waals surface area contributed by atoms with E-state index >= 15 is 0 Å². The number of rotatable bonds is 4. The van der Waals surface area contributed by atoms with E-state index in [0.29, 0.717) is 18.8 Å². The number of fused-ring (bicyclic) bond motifs is 1. The highest BCUT2D eigenvalue weighted by molar-refractivity contribution is 5.93. The summed E-state index contributed by atoms with van der Waals surface area (Å²) in [4.78, 5) is 25.3. The summed E-state index contributed by atoms with van der Waals surface area (Å²) in [6.45, 7) is 0.967. The second-order valence-electron chi connectivity index (χ2n) is 6.38. The van der Waals surface area contributed by atoms with Gasteiger partial charge in [0.1, 0.15) is 12.4 Å². The Labute approximate surface area is 160 Å². The lowest BCUT2D eigenvalue weighted by Crippen LogP contribution is -2.29. The number of nitrogens with one attached hydrogen (secondary N) is 2. The summed E-state index contributed by atoms with van der Waals surface area (Å²) in [6, 6.07) is 17.3. The third kappa shape index (κ3) is 3.59. The van der Waals surface area contributed by atoms with Crippen LogP contribution in [0.2, 0.25) is 0 Å². The van der Waals surface area contributed by atoms with Crippen molar-refractivity contribution in [2.45, 2.75) is 6.54 Å². The number of hydrogen-bond donors (Lipinski definition) is 2. The van der Waals surface area contributed by atoms with Gasteiger partial charge >= 0.3 is 12.1 Å². The lowest BCUT2D eigenvalue weighted by atomic mass is 10.0. The molecule has 0 spiro atoms. The Morgan fingerprint density at radius 2 is 1.93 bits per heavy atom. The van der Waals surface area contributed by atoms with Gasteiger partial charge in [0, 0.05) is 12.2 Å². The van der Waals surface area contributed by atoms with Gasteiger partial charge in [-0.2, -0.15) is 0 Å². The molecule has 28 heavy (non-hydrogen) atoms. The molecule has 1 aliphatic heterocycles. The molecule has 0 aromatic heterocycles. The largest absolute Gasteiger partial charge is 0.447 e. The van der Waals surface area contributed by atoms with Crippen molar-refractivity contribution in [2.75, 3.05) is 23.4 Å². The van der Waals surface area contributed by atoms with Crippen molar-refractivity contribution in [3.8, 4) is 0 Å². The van der Waals surface area contributed by atoms with Gasteiger partial charge in [-0.3, -0.25) is 4.90 Å². The number of ether oxygens (including phenoxy) is 1. The van der Waals surface area contributed by atoms with E-state index in [1.807, 2.05) is 42.5 Å². The highest BCUT2D eigenvalue weighted by atomic mass is 19.1. The minimum absolute atomic E-state index is 0.00683. The van der Waals surface area contributed by atoms with Crippen molar-refractivity contribution in [1.29, 1.82) is 0 Å². The number of nitrogens with zero attached hydrogens (tertiary/aromatic N) is 1. The van der Waals surface area contributed by atoms with Crippen LogP contribution < -0.4 is 15.5 Å². The second kappa shape index (κ2) is 7.56. The van der Waals surface area contributed by atoms with Gasteiger partial charge < -0.3 is 15.4 Å². The van der Waals surface area contributed by atoms with Crippen molar-refractivity contribution in [3.05, 3.63) is 72.0 Å². The van der Waals surface area contributed by atoms with E-state index in [0.717, 1.165) is 16.3 Å². The molecule has 2 N–H and O–H groups in total. The number of benzene rings is 3. The van der Waals surface area contributed by atoms with E-state index in [9.17, 15) is 14.0 Å². The molecule has 1 fully saturated rings. The number of carbonyl (C=O) groups is 2. The smallest absolute Gasteiger partial charge is 0.414 e. The summed E-state index contributed by atoms with van der Waals surface area (Å²) in [5.74, 6) is -0.586. The number of carbonyl (C=O) groups excluding carboxylic acids is 2. The third-order valence-corrected chi connectivity index (χ3v) is 4.59. The average molecular weight is 379 g/mol. The Morgan fingerprint density at radius 3 is 2.75 bits per heavy atom. The van der Waals surface area contributed by atoms with Crippen molar-refractivity contribution < 1.29 is 18.7 Å². The molecule has 3 aromatic rings. The number of anilines is 2. The van der Waals surface area contributed by atoms with Gasteiger partial charge in [-0.1, -0.05) is 42.5 Å². The Balaban J connectivity index is 1.45. The highest BCUT2D eigenvalue weighted by Gasteiger charge is 2.24. The number of halogens is 1. The van der Waals surface area contributed by atoms with Crippen LogP contribution in [0.3, 0.4) is 0 Å².